The van der Waals surface area contributed by atoms with Crippen molar-refractivity contribution in [3.8, 4) is 0 Å². The lowest BCUT2D eigenvalue weighted by Gasteiger charge is -2.06. The number of thiophene rings is 1. The van der Waals surface area contributed by atoms with E-state index in [4.69, 9.17) is 0 Å². The molecule has 2 heteroatoms. The standard InChI is InChI=1S/C17H16OS/c1-11-10-15(12(2)19-11)14-8-9-16(18)17(14)13-6-4-3-5-7-13/h3-7,10H,8-9H2,1-2H3. The highest BCUT2D eigenvalue weighted by Crippen LogP contribution is 2.40. The van der Waals surface area contributed by atoms with Gasteiger partial charge in [-0.25, -0.2) is 0 Å². The second-order valence-electron chi connectivity index (χ2n) is 4.97. The molecule has 0 N–H and O–H groups in total. The van der Waals surface area contributed by atoms with Crippen LogP contribution in [0.4, 0.5) is 0 Å². The summed E-state index contributed by atoms with van der Waals surface area (Å²) in [6.07, 6.45) is 1.52. The molecule has 0 amide bonds. The van der Waals surface area contributed by atoms with Gasteiger partial charge in [0, 0.05) is 21.7 Å². The smallest absolute Gasteiger partial charge is 0.164 e. The number of ketones is 1. The van der Waals surface area contributed by atoms with Gasteiger partial charge in [0.2, 0.25) is 0 Å². The third-order valence-corrected chi connectivity index (χ3v) is 4.58. The fraction of sp³-hybridized carbons (Fsp3) is 0.235. The Morgan fingerprint density at radius 2 is 1.79 bits per heavy atom. The summed E-state index contributed by atoms with van der Waals surface area (Å²) in [6, 6.07) is 12.3. The van der Waals surface area contributed by atoms with Gasteiger partial charge in [0.1, 0.15) is 0 Å². The van der Waals surface area contributed by atoms with E-state index in [2.05, 4.69) is 19.9 Å². The zero-order chi connectivity index (χ0) is 13.4. The van der Waals surface area contributed by atoms with Crippen molar-refractivity contribution in [2.45, 2.75) is 26.7 Å². The van der Waals surface area contributed by atoms with Crippen LogP contribution in [0.5, 0.6) is 0 Å². The third-order valence-electron chi connectivity index (χ3n) is 3.61. The number of aryl methyl sites for hydroxylation is 2. The maximum absolute atomic E-state index is 12.2. The molecule has 0 saturated heterocycles. The van der Waals surface area contributed by atoms with Gasteiger partial charge in [-0.15, -0.1) is 11.3 Å². The van der Waals surface area contributed by atoms with Crippen molar-refractivity contribution in [2.24, 2.45) is 0 Å². The molecule has 19 heavy (non-hydrogen) atoms. The predicted molar refractivity (Wildman–Crippen MR) is 81.3 cm³/mol. The number of benzene rings is 1. The summed E-state index contributed by atoms with van der Waals surface area (Å²) in [5.74, 6) is 0.282. The Kier molecular flexibility index (Phi) is 3.11. The monoisotopic (exact) mass is 268 g/mol. The summed E-state index contributed by atoms with van der Waals surface area (Å²) >= 11 is 1.81. The molecular formula is C17H16OS. The van der Waals surface area contributed by atoms with E-state index < -0.39 is 0 Å². The van der Waals surface area contributed by atoms with Gasteiger partial charge in [-0.3, -0.25) is 4.79 Å². The Labute approximate surface area is 117 Å². The second kappa shape index (κ2) is 4.78. The van der Waals surface area contributed by atoms with Crippen LogP contribution in [0.25, 0.3) is 11.1 Å². The number of carbonyl (C=O) groups excluding carboxylic acids is 1. The molecule has 96 valence electrons. The molecule has 1 heterocycles. The van der Waals surface area contributed by atoms with E-state index in [1.165, 1.54) is 20.9 Å². The normalized spacial score (nSPS) is 15.4. The molecule has 2 aromatic rings. The number of Topliss-reactive ketones (excluding diaryl/α,β-unsaturated/α-hetero) is 1. The summed E-state index contributed by atoms with van der Waals surface area (Å²) in [7, 11) is 0. The molecule has 1 aromatic heterocycles. The maximum Gasteiger partial charge on any atom is 0.164 e. The molecule has 1 nitrogen and oxygen atoms in total. The van der Waals surface area contributed by atoms with Crippen LogP contribution in [0.3, 0.4) is 0 Å². The number of carbonyl (C=O) groups is 1. The van der Waals surface area contributed by atoms with E-state index in [0.717, 1.165) is 17.6 Å². The molecule has 0 bridgehead atoms. The van der Waals surface area contributed by atoms with E-state index in [1.54, 1.807) is 0 Å². The van der Waals surface area contributed by atoms with Crippen LogP contribution >= 0.6 is 11.3 Å². The minimum atomic E-state index is 0.282. The van der Waals surface area contributed by atoms with Crippen molar-refractivity contribution in [3.63, 3.8) is 0 Å². The van der Waals surface area contributed by atoms with Gasteiger partial charge in [0.25, 0.3) is 0 Å². The van der Waals surface area contributed by atoms with E-state index in [-0.39, 0.29) is 5.78 Å². The van der Waals surface area contributed by atoms with Gasteiger partial charge in [-0.2, -0.15) is 0 Å². The molecule has 0 unspecified atom stereocenters. The van der Waals surface area contributed by atoms with Crippen molar-refractivity contribution in [2.75, 3.05) is 0 Å². The first-order valence-electron chi connectivity index (χ1n) is 6.56. The molecule has 1 aliphatic carbocycles. The highest BCUT2D eigenvalue weighted by atomic mass is 32.1. The lowest BCUT2D eigenvalue weighted by atomic mass is 9.97. The molecule has 0 spiro atoms. The number of allylic oxidation sites excluding steroid dienone is 2. The van der Waals surface area contributed by atoms with Gasteiger partial charge < -0.3 is 0 Å². The predicted octanol–water partition coefficient (Wildman–Crippen LogP) is 4.64. The van der Waals surface area contributed by atoms with Crippen LogP contribution < -0.4 is 0 Å². The zero-order valence-electron chi connectivity index (χ0n) is 11.2. The average Bonchev–Trinajstić information content (AvgIpc) is 2.93. The van der Waals surface area contributed by atoms with Crippen LogP contribution in [0.15, 0.2) is 36.4 Å². The highest BCUT2D eigenvalue weighted by Gasteiger charge is 2.26. The topological polar surface area (TPSA) is 17.1 Å². The Balaban J connectivity index is 2.19. The quantitative estimate of drug-likeness (QED) is 0.775. The fourth-order valence-electron chi connectivity index (χ4n) is 2.80. The van der Waals surface area contributed by atoms with E-state index in [1.807, 2.05) is 41.7 Å². The largest absolute Gasteiger partial charge is 0.294 e. The molecule has 1 aromatic carbocycles. The van der Waals surface area contributed by atoms with Crippen molar-refractivity contribution in [1.82, 2.24) is 0 Å². The van der Waals surface area contributed by atoms with E-state index in [9.17, 15) is 4.79 Å². The lowest BCUT2D eigenvalue weighted by Crippen LogP contribution is -1.95. The third kappa shape index (κ3) is 2.17. The summed E-state index contributed by atoms with van der Waals surface area (Å²) in [5.41, 5.74) is 4.50. The molecule has 1 aliphatic rings. The highest BCUT2D eigenvalue weighted by molar-refractivity contribution is 7.12. The molecule has 0 aliphatic heterocycles. The maximum atomic E-state index is 12.2. The fourth-order valence-corrected chi connectivity index (χ4v) is 3.75. The summed E-state index contributed by atoms with van der Waals surface area (Å²) in [5, 5.41) is 0. The first-order chi connectivity index (χ1) is 9.16. The first kappa shape index (κ1) is 12.4. The lowest BCUT2D eigenvalue weighted by molar-refractivity contribution is -0.113. The Morgan fingerprint density at radius 1 is 1.05 bits per heavy atom. The zero-order valence-corrected chi connectivity index (χ0v) is 12.0. The SMILES string of the molecule is Cc1cc(C2=C(c3ccccc3)C(=O)CC2)c(C)s1. The van der Waals surface area contributed by atoms with Gasteiger partial charge in [0.15, 0.2) is 5.78 Å². The second-order valence-corrected chi connectivity index (χ2v) is 6.43. The summed E-state index contributed by atoms with van der Waals surface area (Å²) in [4.78, 5) is 14.8. The average molecular weight is 268 g/mol. The van der Waals surface area contributed by atoms with Gasteiger partial charge in [0.05, 0.1) is 0 Å². The number of hydrogen-bond donors (Lipinski definition) is 0. The summed E-state index contributed by atoms with van der Waals surface area (Å²) in [6.45, 7) is 4.27. The van der Waals surface area contributed by atoms with Crippen LogP contribution in [-0.2, 0) is 4.79 Å². The number of hydrogen-bond acceptors (Lipinski definition) is 2. The minimum absolute atomic E-state index is 0.282. The minimum Gasteiger partial charge on any atom is -0.294 e. The van der Waals surface area contributed by atoms with Crippen molar-refractivity contribution in [1.29, 1.82) is 0 Å². The van der Waals surface area contributed by atoms with E-state index in [0.29, 0.717) is 6.42 Å². The number of rotatable bonds is 2. The van der Waals surface area contributed by atoms with Gasteiger partial charge in [-0.1, -0.05) is 30.3 Å². The molecule has 3 rings (SSSR count). The van der Waals surface area contributed by atoms with Crippen molar-refractivity contribution in [3.05, 3.63) is 57.3 Å². The van der Waals surface area contributed by atoms with Crippen LogP contribution in [-0.4, -0.2) is 5.78 Å². The van der Waals surface area contributed by atoms with Crippen LogP contribution in [0, 0.1) is 13.8 Å². The molecule has 0 saturated carbocycles. The van der Waals surface area contributed by atoms with Gasteiger partial charge in [-0.05, 0) is 43.0 Å². The first-order valence-corrected chi connectivity index (χ1v) is 7.37. The van der Waals surface area contributed by atoms with Crippen molar-refractivity contribution < 1.29 is 4.79 Å². The molecule has 0 fully saturated rings. The Hall–Kier alpha value is -1.67. The Bertz CT molecular complexity index is 662. The van der Waals surface area contributed by atoms with Crippen molar-refractivity contribution >= 4 is 28.3 Å². The molecule has 0 radical (unpaired) electrons. The molecule has 0 atom stereocenters. The van der Waals surface area contributed by atoms with Gasteiger partial charge >= 0.3 is 0 Å². The van der Waals surface area contributed by atoms with Crippen LogP contribution in [0.1, 0.15) is 33.7 Å². The van der Waals surface area contributed by atoms with Crippen LogP contribution in [0.2, 0.25) is 0 Å². The summed E-state index contributed by atoms with van der Waals surface area (Å²) < 4.78 is 0. The molecular weight excluding hydrogens is 252 g/mol. The van der Waals surface area contributed by atoms with E-state index >= 15 is 0 Å². The Morgan fingerprint density at radius 3 is 2.42 bits per heavy atom.